The molecule has 1 aromatic heterocycles. The number of halogens is 2. The largest absolute Gasteiger partial charge is 0.331 e. The molecule has 4 nitrogen and oxygen atoms in total. The van der Waals surface area contributed by atoms with Crippen molar-refractivity contribution in [2.45, 2.75) is 30.2 Å². The Labute approximate surface area is 94.6 Å². The fourth-order valence-corrected chi connectivity index (χ4v) is 3.41. The van der Waals surface area contributed by atoms with Crippen LogP contribution in [0.2, 0.25) is 0 Å². The van der Waals surface area contributed by atoms with E-state index in [-0.39, 0.29) is 9.63 Å². The number of nitrogens with zero attached hydrogens (tertiary/aromatic N) is 1. The maximum atomic E-state index is 11.1. The van der Waals surface area contributed by atoms with Gasteiger partial charge in [0.05, 0.1) is 0 Å². The van der Waals surface area contributed by atoms with Gasteiger partial charge >= 0.3 is 0 Å². The molecule has 0 unspecified atom stereocenters. The molecule has 2 rings (SSSR count). The van der Waals surface area contributed by atoms with Crippen molar-refractivity contribution in [2.75, 3.05) is 0 Å². The summed E-state index contributed by atoms with van der Waals surface area (Å²) in [7, 11) is 1.49. The summed E-state index contributed by atoms with van der Waals surface area (Å²) in [6.45, 7) is 0. The molecule has 1 heterocycles. The normalized spacial score (nSPS) is 18.1. The van der Waals surface area contributed by atoms with Gasteiger partial charge in [0.2, 0.25) is 0 Å². The predicted octanol–water partition coefficient (Wildman–Crippen LogP) is 2.37. The third kappa shape index (κ3) is 1.83. The zero-order valence-electron chi connectivity index (χ0n) is 7.13. The van der Waals surface area contributed by atoms with E-state index in [4.69, 9.17) is 10.7 Å². The maximum Gasteiger partial charge on any atom is 0.279 e. The van der Waals surface area contributed by atoms with Crippen LogP contribution in [-0.2, 0) is 9.05 Å². The van der Waals surface area contributed by atoms with Gasteiger partial charge in [0, 0.05) is 16.6 Å². The molecule has 78 valence electrons. The number of aromatic nitrogens is 2. The monoisotopic (exact) mass is 298 g/mol. The zero-order valence-corrected chi connectivity index (χ0v) is 10.3. The van der Waals surface area contributed by atoms with E-state index in [0.29, 0.717) is 11.7 Å². The van der Waals surface area contributed by atoms with Crippen LogP contribution in [0.15, 0.2) is 9.63 Å². The van der Waals surface area contributed by atoms with Gasteiger partial charge in [-0.1, -0.05) is 6.42 Å². The molecular weight excluding hydrogens is 292 g/mol. The van der Waals surface area contributed by atoms with Crippen LogP contribution in [0.3, 0.4) is 0 Å². The van der Waals surface area contributed by atoms with E-state index in [2.05, 4.69) is 25.9 Å². The minimum absolute atomic E-state index is 0.0407. The van der Waals surface area contributed by atoms with E-state index in [1.807, 2.05) is 0 Å². The molecule has 1 N–H and O–H groups in total. The Balaban J connectivity index is 2.39. The summed E-state index contributed by atoms with van der Waals surface area (Å²) in [6.07, 6.45) is 3.29. The van der Waals surface area contributed by atoms with Crippen LogP contribution in [-0.4, -0.2) is 18.4 Å². The molecule has 0 aliphatic heterocycles. The van der Waals surface area contributed by atoms with Crippen LogP contribution >= 0.6 is 26.6 Å². The van der Waals surface area contributed by atoms with Crippen molar-refractivity contribution in [2.24, 2.45) is 0 Å². The summed E-state index contributed by atoms with van der Waals surface area (Å²) in [5, 5.41) is -0.0407. The lowest BCUT2D eigenvalue weighted by atomic mass is 9.85. The molecule has 7 heteroatoms. The highest BCUT2D eigenvalue weighted by atomic mass is 79.9. The summed E-state index contributed by atoms with van der Waals surface area (Å²) in [4.78, 5) is 6.84. The predicted molar refractivity (Wildman–Crippen MR) is 55.9 cm³/mol. The summed E-state index contributed by atoms with van der Waals surface area (Å²) >= 11 is 3.07. The highest BCUT2D eigenvalue weighted by Crippen LogP contribution is 2.36. The van der Waals surface area contributed by atoms with Gasteiger partial charge in [-0.15, -0.1) is 0 Å². The third-order valence-corrected chi connectivity index (χ3v) is 4.47. The lowest BCUT2D eigenvalue weighted by Crippen LogP contribution is -2.10. The smallest absolute Gasteiger partial charge is 0.279 e. The third-order valence-electron chi connectivity index (χ3n) is 2.38. The van der Waals surface area contributed by atoms with E-state index in [1.165, 1.54) is 6.42 Å². The number of hydrogen-bond acceptors (Lipinski definition) is 3. The Kier molecular flexibility index (Phi) is 2.61. The van der Waals surface area contributed by atoms with Gasteiger partial charge in [-0.3, -0.25) is 0 Å². The van der Waals surface area contributed by atoms with Gasteiger partial charge < -0.3 is 4.98 Å². The minimum atomic E-state index is -3.72. The van der Waals surface area contributed by atoms with Gasteiger partial charge in [0.15, 0.2) is 5.03 Å². The lowest BCUT2D eigenvalue weighted by molar-refractivity contribution is 0.403. The molecule has 1 aliphatic rings. The quantitative estimate of drug-likeness (QED) is 0.853. The highest BCUT2D eigenvalue weighted by Gasteiger charge is 2.26. The second-order valence-electron chi connectivity index (χ2n) is 3.31. The molecule has 1 aromatic rings. The Hall–Kier alpha value is -0.0700. The average Bonchev–Trinajstić information content (AvgIpc) is 2.25. The summed E-state index contributed by atoms with van der Waals surface area (Å²) in [5.74, 6) is 1.07. The van der Waals surface area contributed by atoms with E-state index in [1.54, 1.807) is 0 Å². The first kappa shape index (κ1) is 10.4. The molecule has 1 fully saturated rings. The number of rotatable bonds is 2. The lowest BCUT2D eigenvalue weighted by Gasteiger charge is -2.22. The van der Waals surface area contributed by atoms with Crippen molar-refractivity contribution in [1.29, 1.82) is 0 Å². The number of imidazole rings is 1. The van der Waals surface area contributed by atoms with Crippen LogP contribution in [0.4, 0.5) is 0 Å². The number of aromatic amines is 1. The zero-order chi connectivity index (χ0) is 10.3. The first-order valence-electron chi connectivity index (χ1n) is 4.18. The minimum Gasteiger partial charge on any atom is -0.331 e. The summed E-state index contributed by atoms with van der Waals surface area (Å²) < 4.78 is 22.4. The maximum absolute atomic E-state index is 11.1. The van der Waals surface area contributed by atoms with Crippen molar-refractivity contribution >= 4 is 35.7 Å². The van der Waals surface area contributed by atoms with E-state index in [0.717, 1.165) is 12.8 Å². The molecule has 1 aliphatic carbocycles. The molecule has 0 amide bonds. The standard InChI is InChI=1S/C7H8BrClN2O2S/c8-5-7(14(9,12)13)11-6(10-5)4-2-1-3-4/h4H,1-3H2,(H,10,11). The molecule has 0 saturated heterocycles. The van der Waals surface area contributed by atoms with E-state index in [9.17, 15) is 8.42 Å². The van der Waals surface area contributed by atoms with Crippen LogP contribution < -0.4 is 0 Å². The van der Waals surface area contributed by atoms with Crippen molar-refractivity contribution in [3.8, 4) is 0 Å². The Morgan fingerprint density at radius 1 is 1.50 bits per heavy atom. The van der Waals surface area contributed by atoms with Crippen LogP contribution in [0.1, 0.15) is 31.0 Å². The van der Waals surface area contributed by atoms with Gasteiger partial charge in [-0.25, -0.2) is 13.4 Å². The van der Waals surface area contributed by atoms with Crippen LogP contribution in [0.25, 0.3) is 0 Å². The average molecular weight is 300 g/mol. The number of hydrogen-bond donors (Lipinski definition) is 1. The molecule has 14 heavy (non-hydrogen) atoms. The number of nitrogens with one attached hydrogen (secondary N) is 1. The molecule has 0 radical (unpaired) electrons. The summed E-state index contributed by atoms with van der Waals surface area (Å²) in [6, 6.07) is 0. The molecular formula is C7H8BrClN2O2S. The fraction of sp³-hybridized carbons (Fsp3) is 0.571. The first-order valence-corrected chi connectivity index (χ1v) is 7.29. The van der Waals surface area contributed by atoms with Crippen LogP contribution in [0.5, 0.6) is 0 Å². The molecule has 0 bridgehead atoms. The Morgan fingerprint density at radius 3 is 2.50 bits per heavy atom. The van der Waals surface area contributed by atoms with Crippen LogP contribution in [0, 0.1) is 0 Å². The SMILES string of the molecule is O=S(=O)(Cl)c1[nH]c(C2CCC2)nc1Br. The van der Waals surface area contributed by atoms with E-state index < -0.39 is 9.05 Å². The first-order chi connectivity index (χ1) is 6.48. The van der Waals surface area contributed by atoms with Gasteiger partial charge in [0.1, 0.15) is 10.4 Å². The van der Waals surface area contributed by atoms with Gasteiger partial charge in [-0.05, 0) is 28.8 Å². The van der Waals surface area contributed by atoms with Crippen molar-refractivity contribution < 1.29 is 8.42 Å². The summed E-state index contributed by atoms with van der Waals surface area (Å²) in [5.41, 5.74) is 0. The number of H-pyrrole nitrogens is 1. The van der Waals surface area contributed by atoms with Gasteiger partial charge in [-0.2, -0.15) is 0 Å². The Morgan fingerprint density at radius 2 is 2.14 bits per heavy atom. The Bertz CT molecular complexity index is 452. The fourth-order valence-electron chi connectivity index (χ4n) is 1.39. The van der Waals surface area contributed by atoms with Crippen molar-refractivity contribution in [3.05, 3.63) is 10.4 Å². The van der Waals surface area contributed by atoms with Gasteiger partial charge in [0.25, 0.3) is 9.05 Å². The second-order valence-corrected chi connectivity index (χ2v) is 6.56. The highest BCUT2D eigenvalue weighted by molar-refractivity contribution is 9.10. The second kappa shape index (κ2) is 3.50. The molecule has 0 spiro atoms. The molecule has 0 atom stereocenters. The van der Waals surface area contributed by atoms with Crippen molar-refractivity contribution in [1.82, 2.24) is 9.97 Å². The van der Waals surface area contributed by atoms with E-state index >= 15 is 0 Å². The van der Waals surface area contributed by atoms with Crippen molar-refractivity contribution in [3.63, 3.8) is 0 Å². The molecule has 0 aromatic carbocycles. The topological polar surface area (TPSA) is 62.8 Å². The molecule has 1 saturated carbocycles.